The molecule has 0 spiro atoms. The fraction of sp³-hybridized carbons (Fsp3) is 0.222. The van der Waals surface area contributed by atoms with Gasteiger partial charge in [-0.2, -0.15) is 0 Å². The highest BCUT2D eigenvalue weighted by Gasteiger charge is 1.99. The fourth-order valence-corrected chi connectivity index (χ4v) is 1.04. The molecular weight excluding hydrogens is 152 g/mol. The van der Waals surface area contributed by atoms with Crippen molar-refractivity contribution in [2.75, 3.05) is 7.05 Å². The van der Waals surface area contributed by atoms with Crippen LogP contribution in [0.5, 0.6) is 0 Å². The third-order valence-electron chi connectivity index (χ3n) is 1.59. The van der Waals surface area contributed by atoms with E-state index in [9.17, 15) is 4.79 Å². The number of amides is 1. The van der Waals surface area contributed by atoms with Crippen molar-refractivity contribution in [2.24, 2.45) is 5.73 Å². The van der Waals surface area contributed by atoms with Crippen molar-refractivity contribution in [3.05, 3.63) is 35.4 Å². The number of nitrogens with two attached hydrogens (primary N) is 1. The first-order valence-electron chi connectivity index (χ1n) is 3.77. The molecule has 1 rings (SSSR count). The summed E-state index contributed by atoms with van der Waals surface area (Å²) < 4.78 is 0. The number of primary amides is 1. The smallest absolute Gasteiger partial charge is 0.248 e. The van der Waals surface area contributed by atoms with Crippen LogP contribution in [0.3, 0.4) is 0 Å². The van der Waals surface area contributed by atoms with Gasteiger partial charge >= 0.3 is 0 Å². The highest BCUT2D eigenvalue weighted by Crippen LogP contribution is 2.03. The summed E-state index contributed by atoms with van der Waals surface area (Å²) in [6.45, 7) is 0.751. The van der Waals surface area contributed by atoms with Gasteiger partial charge in [0.15, 0.2) is 0 Å². The second kappa shape index (κ2) is 3.88. The predicted molar refractivity (Wildman–Crippen MR) is 47.7 cm³/mol. The van der Waals surface area contributed by atoms with Crippen LogP contribution in [-0.2, 0) is 6.54 Å². The van der Waals surface area contributed by atoms with Gasteiger partial charge in [0.1, 0.15) is 0 Å². The van der Waals surface area contributed by atoms with Crippen LogP contribution in [0, 0.1) is 0 Å². The summed E-state index contributed by atoms with van der Waals surface area (Å²) in [6.07, 6.45) is 0. The average molecular weight is 164 g/mol. The zero-order chi connectivity index (χ0) is 8.97. The lowest BCUT2D eigenvalue weighted by Gasteiger charge is -2.00. The zero-order valence-corrected chi connectivity index (χ0v) is 7.00. The Balaban J connectivity index is 2.88. The number of hydrogen-bond donors (Lipinski definition) is 2. The topological polar surface area (TPSA) is 55.1 Å². The van der Waals surface area contributed by atoms with E-state index in [1.165, 1.54) is 0 Å². The summed E-state index contributed by atoms with van der Waals surface area (Å²) in [7, 11) is 1.86. The van der Waals surface area contributed by atoms with Crippen LogP contribution in [0.15, 0.2) is 24.3 Å². The minimum Gasteiger partial charge on any atom is -0.366 e. The average Bonchev–Trinajstić information content (AvgIpc) is 2.05. The van der Waals surface area contributed by atoms with Crippen molar-refractivity contribution in [3.63, 3.8) is 0 Å². The summed E-state index contributed by atoms with van der Waals surface area (Å²) in [5, 5.41) is 3.00. The Morgan fingerprint density at radius 2 is 2.33 bits per heavy atom. The van der Waals surface area contributed by atoms with Crippen LogP contribution >= 0.6 is 0 Å². The Morgan fingerprint density at radius 1 is 1.58 bits per heavy atom. The first-order valence-corrected chi connectivity index (χ1v) is 3.77. The molecule has 1 amide bonds. The van der Waals surface area contributed by atoms with E-state index in [-0.39, 0.29) is 5.91 Å². The van der Waals surface area contributed by atoms with Gasteiger partial charge in [0.25, 0.3) is 0 Å². The molecule has 64 valence electrons. The molecule has 3 N–H and O–H groups in total. The van der Waals surface area contributed by atoms with Gasteiger partial charge in [-0.3, -0.25) is 4.79 Å². The molecule has 0 aromatic heterocycles. The third kappa shape index (κ3) is 2.07. The van der Waals surface area contributed by atoms with Gasteiger partial charge in [0.2, 0.25) is 5.91 Å². The second-order valence-electron chi connectivity index (χ2n) is 2.59. The van der Waals surface area contributed by atoms with Gasteiger partial charge in [-0.1, -0.05) is 12.1 Å². The molecule has 0 fully saturated rings. The minimum atomic E-state index is -0.382. The van der Waals surface area contributed by atoms with Crippen LogP contribution in [-0.4, -0.2) is 13.0 Å². The summed E-state index contributed by atoms with van der Waals surface area (Å²) in [6, 6.07) is 7.27. The Morgan fingerprint density at radius 3 is 2.92 bits per heavy atom. The van der Waals surface area contributed by atoms with Crippen LogP contribution in [0.2, 0.25) is 0 Å². The maximum absolute atomic E-state index is 10.8. The van der Waals surface area contributed by atoms with E-state index in [0.717, 1.165) is 12.1 Å². The molecule has 3 heteroatoms. The minimum absolute atomic E-state index is 0.382. The van der Waals surface area contributed by atoms with Crippen LogP contribution < -0.4 is 11.1 Å². The first kappa shape index (κ1) is 8.74. The molecule has 1 aromatic rings. The van der Waals surface area contributed by atoms with Crippen molar-refractivity contribution in [2.45, 2.75) is 6.54 Å². The molecule has 0 aliphatic carbocycles. The summed E-state index contributed by atoms with van der Waals surface area (Å²) in [4.78, 5) is 10.8. The quantitative estimate of drug-likeness (QED) is 0.683. The molecule has 0 atom stereocenters. The highest BCUT2D eigenvalue weighted by molar-refractivity contribution is 5.92. The van der Waals surface area contributed by atoms with Crippen molar-refractivity contribution in [3.8, 4) is 0 Å². The first-order chi connectivity index (χ1) is 5.74. The number of nitrogens with one attached hydrogen (secondary N) is 1. The van der Waals surface area contributed by atoms with Crippen molar-refractivity contribution in [1.82, 2.24) is 5.32 Å². The lowest BCUT2D eigenvalue weighted by atomic mass is 10.1. The molecule has 0 radical (unpaired) electrons. The van der Waals surface area contributed by atoms with Gasteiger partial charge in [0, 0.05) is 12.1 Å². The molecule has 3 nitrogen and oxygen atoms in total. The van der Waals surface area contributed by atoms with E-state index >= 15 is 0 Å². The Labute approximate surface area is 71.6 Å². The number of carbonyl (C=O) groups excluding carboxylic acids is 1. The summed E-state index contributed by atoms with van der Waals surface area (Å²) in [5.74, 6) is -0.382. The van der Waals surface area contributed by atoms with Crippen molar-refractivity contribution in [1.29, 1.82) is 0 Å². The standard InChI is InChI=1S/C9H12N2O/c1-11-6-7-3-2-4-8(5-7)9(10)12/h2-5,11H,6H2,1H3,(H2,10,12). The number of hydrogen-bond acceptors (Lipinski definition) is 2. The maximum Gasteiger partial charge on any atom is 0.248 e. The molecule has 1 aromatic carbocycles. The van der Waals surface area contributed by atoms with Gasteiger partial charge in [-0.15, -0.1) is 0 Å². The number of benzene rings is 1. The van der Waals surface area contributed by atoms with E-state index in [1.807, 2.05) is 19.2 Å². The fourth-order valence-electron chi connectivity index (χ4n) is 1.04. The molecule has 0 saturated carbocycles. The van der Waals surface area contributed by atoms with Crippen molar-refractivity contribution < 1.29 is 4.79 Å². The third-order valence-corrected chi connectivity index (χ3v) is 1.59. The molecular formula is C9H12N2O. The molecule has 0 saturated heterocycles. The van der Waals surface area contributed by atoms with Crippen LogP contribution in [0.4, 0.5) is 0 Å². The molecule has 0 heterocycles. The molecule has 12 heavy (non-hydrogen) atoms. The number of rotatable bonds is 3. The van der Waals surface area contributed by atoms with Gasteiger partial charge in [-0.25, -0.2) is 0 Å². The van der Waals surface area contributed by atoms with E-state index in [4.69, 9.17) is 5.73 Å². The predicted octanol–water partition coefficient (Wildman–Crippen LogP) is 0.505. The Kier molecular flexibility index (Phi) is 2.82. The van der Waals surface area contributed by atoms with E-state index in [2.05, 4.69) is 5.32 Å². The van der Waals surface area contributed by atoms with Crippen LogP contribution in [0.1, 0.15) is 15.9 Å². The van der Waals surface area contributed by atoms with E-state index in [0.29, 0.717) is 5.56 Å². The highest BCUT2D eigenvalue weighted by atomic mass is 16.1. The maximum atomic E-state index is 10.8. The van der Waals surface area contributed by atoms with Crippen molar-refractivity contribution >= 4 is 5.91 Å². The van der Waals surface area contributed by atoms with E-state index in [1.54, 1.807) is 12.1 Å². The largest absolute Gasteiger partial charge is 0.366 e. The summed E-state index contributed by atoms with van der Waals surface area (Å²) >= 11 is 0. The van der Waals surface area contributed by atoms with E-state index < -0.39 is 0 Å². The Hall–Kier alpha value is -1.35. The normalized spacial score (nSPS) is 9.75. The molecule has 0 unspecified atom stereocenters. The molecule has 0 aliphatic rings. The zero-order valence-electron chi connectivity index (χ0n) is 7.00. The van der Waals surface area contributed by atoms with Gasteiger partial charge in [-0.05, 0) is 24.7 Å². The van der Waals surface area contributed by atoms with Crippen LogP contribution in [0.25, 0.3) is 0 Å². The van der Waals surface area contributed by atoms with Gasteiger partial charge in [0.05, 0.1) is 0 Å². The summed E-state index contributed by atoms with van der Waals surface area (Å²) in [5.41, 5.74) is 6.74. The lowest BCUT2D eigenvalue weighted by Crippen LogP contribution is -2.12. The molecule has 0 bridgehead atoms. The Bertz CT molecular complexity index is 284. The monoisotopic (exact) mass is 164 g/mol. The SMILES string of the molecule is CNCc1cccc(C(N)=O)c1. The number of carbonyl (C=O) groups is 1. The second-order valence-corrected chi connectivity index (χ2v) is 2.59. The lowest BCUT2D eigenvalue weighted by molar-refractivity contribution is 0.1000. The van der Waals surface area contributed by atoms with Gasteiger partial charge < -0.3 is 11.1 Å². The molecule has 0 aliphatic heterocycles.